The van der Waals surface area contributed by atoms with Crippen molar-refractivity contribution in [2.75, 3.05) is 5.73 Å². The fraction of sp³-hybridized carbons (Fsp3) is 0. The lowest BCUT2D eigenvalue weighted by atomic mass is 10.2. The number of halogens is 1. The van der Waals surface area contributed by atoms with Crippen LogP contribution >= 0.6 is 11.6 Å². The normalized spacial score (nSPS) is 10.8. The number of fused-ring (bicyclic) bond motifs is 1. The van der Waals surface area contributed by atoms with Crippen molar-refractivity contribution in [3.05, 3.63) is 58.0 Å². The molecule has 0 aliphatic carbocycles. The largest absolute Gasteiger partial charge is 0.369 e. The minimum atomic E-state index is -0.327. The van der Waals surface area contributed by atoms with E-state index in [2.05, 4.69) is 9.97 Å². The molecular formula is C13H9ClN4O. The van der Waals surface area contributed by atoms with Crippen LogP contribution in [0.1, 0.15) is 0 Å². The molecule has 2 heterocycles. The first kappa shape index (κ1) is 11.7. The van der Waals surface area contributed by atoms with Crippen molar-refractivity contribution in [2.24, 2.45) is 0 Å². The Morgan fingerprint density at radius 3 is 2.74 bits per heavy atom. The molecule has 1 aromatic carbocycles. The summed E-state index contributed by atoms with van der Waals surface area (Å²) in [6.45, 7) is 0. The third-order valence-electron chi connectivity index (χ3n) is 2.75. The summed E-state index contributed by atoms with van der Waals surface area (Å²) in [6, 6.07) is 10.3. The lowest BCUT2D eigenvalue weighted by Crippen LogP contribution is -2.23. The Kier molecular flexibility index (Phi) is 2.68. The number of hydrogen-bond donors (Lipinski definition) is 1. The molecule has 0 amide bonds. The number of hydrogen-bond acceptors (Lipinski definition) is 4. The average molecular weight is 273 g/mol. The van der Waals surface area contributed by atoms with Gasteiger partial charge in [0, 0.05) is 6.20 Å². The van der Waals surface area contributed by atoms with Crippen LogP contribution in [0.4, 0.5) is 5.95 Å². The molecule has 3 rings (SSSR count). The molecule has 0 fully saturated rings. The summed E-state index contributed by atoms with van der Waals surface area (Å²) in [4.78, 5) is 20.8. The van der Waals surface area contributed by atoms with Crippen molar-refractivity contribution in [2.45, 2.75) is 0 Å². The maximum atomic E-state index is 12.5. The standard InChI is InChI=1S/C13H9ClN4O/c14-8-4-3-5-9-11(8)12(19)18(13(15)17-9)10-6-1-2-7-16-10/h1-7H,(H2,15,17). The van der Waals surface area contributed by atoms with E-state index in [0.29, 0.717) is 21.7 Å². The van der Waals surface area contributed by atoms with Crippen LogP contribution in [0.15, 0.2) is 47.4 Å². The van der Waals surface area contributed by atoms with Crippen LogP contribution in [-0.2, 0) is 0 Å². The molecule has 0 radical (unpaired) electrons. The molecule has 94 valence electrons. The molecule has 0 spiro atoms. The quantitative estimate of drug-likeness (QED) is 0.735. The molecule has 0 atom stereocenters. The van der Waals surface area contributed by atoms with E-state index in [0.717, 1.165) is 0 Å². The smallest absolute Gasteiger partial charge is 0.270 e. The molecule has 19 heavy (non-hydrogen) atoms. The van der Waals surface area contributed by atoms with Gasteiger partial charge in [0.2, 0.25) is 5.95 Å². The van der Waals surface area contributed by atoms with Crippen LogP contribution in [0, 0.1) is 0 Å². The Hall–Kier alpha value is -2.40. The van der Waals surface area contributed by atoms with E-state index in [1.54, 1.807) is 42.6 Å². The number of pyridine rings is 1. The van der Waals surface area contributed by atoms with E-state index in [1.165, 1.54) is 4.57 Å². The number of aromatic nitrogens is 3. The molecule has 0 aliphatic rings. The molecule has 2 aromatic heterocycles. The Bertz CT molecular complexity index is 814. The predicted octanol–water partition coefficient (Wildman–Crippen LogP) is 2.02. The van der Waals surface area contributed by atoms with Crippen LogP contribution in [-0.4, -0.2) is 14.5 Å². The van der Waals surface area contributed by atoms with Crippen molar-refractivity contribution < 1.29 is 0 Å². The molecule has 0 saturated heterocycles. The summed E-state index contributed by atoms with van der Waals surface area (Å²) in [7, 11) is 0. The monoisotopic (exact) mass is 272 g/mol. The Morgan fingerprint density at radius 1 is 1.16 bits per heavy atom. The number of rotatable bonds is 1. The van der Waals surface area contributed by atoms with Gasteiger partial charge in [-0.2, -0.15) is 0 Å². The molecule has 2 N–H and O–H groups in total. The summed E-state index contributed by atoms with van der Waals surface area (Å²) in [5.74, 6) is 0.498. The summed E-state index contributed by atoms with van der Waals surface area (Å²) >= 11 is 6.06. The first-order valence-electron chi connectivity index (χ1n) is 5.56. The lowest BCUT2D eigenvalue weighted by Gasteiger charge is -2.09. The first-order valence-corrected chi connectivity index (χ1v) is 5.94. The minimum absolute atomic E-state index is 0.0819. The second-order valence-electron chi connectivity index (χ2n) is 3.93. The maximum Gasteiger partial charge on any atom is 0.270 e. The molecule has 0 bridgehead atoms. The highest BCUT2D eigenvalue weighted by atomic mass is 35.5. The van der Waals surface area contributed by atoms with E-state index < -0.39 is 0 Å². The van der Waals surface area contributed by atoms with Crippen molar-refractivity contribution in [1.29, 1.82) is 0 Å². The van der Waals surface area contributed by atoms with Crippen LogP contribution in [0.3, 0.4) is 0 Å². The molecule has 6 heteroatoms. The predicted molar refractivity (Wildman–Crippen MR) is 74.6 cm³/mol. The highest BCUT2D eigenvalue weighted by Gasteiger charge is 2.13. The van der Waals surface area contributed by atoms with Crippen molar-refractivity contribution in [3.8, 4) is 5.82 Å². The van der Waals surface area contributed by atoms with Gasteiger partial charge in [-0.25, -0.2) is 14.5 Å². The third kappa shape index (κ3) is 1.84. The summed E-state index contributed by atoms with van der Waals surface area (Å²) in [5, 5.41) is 0.684. The van der Waals surface area contributed by atoms with E-state index >= 15 is 0 Å². The lowest BCUT2D eigenvalue weighted by molar-refractivity contribution is 0.938. The highest BCUT2D eigenvalue weighted by molar-refractivity contribution is 6.35. The van der Waals surface area contributed by atoms with Gasteiger partial charge in [0.15, 0.2) is 0 Å². The van der Waals surface area contributed by atoms with Crippen LogP contribution in [0.25, 0.3) is 16.7 Å². The average Bonchev–Trinajstić information content (AvgIpc) is 2.39. The number of nitrogens with two attached hydrogens (primary N) is 1. The molecule has 0 saturated carbocycles. The van der Waals surface area contributed by atoms with Gasteiger partial charge in [0.1, 0.15) is 5.82 Å². The van der Waals surface area contributed by atoms with Crippen LogP contribution in [0.2, 0.25) is 5.02 Å². The van der Waals surface area contributed by atoms with Gasteiger partial charge < -0.3 is 5.73 Å². The van der Waals surface area contributed by atoms with E-state index in [-0.39, 0.29) is 11.5 Å². The van der Waals surface area contributed by atoms with Crippen molar-refractivity contribution in [1.82, 2.24) is 14.5 Å². The van der Waals surface area contributed by atoms with Gasteiger partial charge >= 0.3 is 0 Å². The third-order valence-corrected chi connectivity index (χ3v) is 3.07. The summed E-state index contributed by atoms with van der Waals surface area (Å²) < 4.78 is 1.24. The van der Waals surface area contributed by atoms with Gasteiger partial charge in [0.25, 0.3) is 5.56 Å². The van der Waals surface area contributed by atoms with Crippen molar-refractivity contribution in [3.63, 3.8) is 0 Å². The van der Waals surface area contributed by atoms with Gasteiger partial charge in [-0.15, -0.1) is 0 Å². The number of anilines is 1. The Labute approximate surface area is 113 Å². The zero-order valence-electron chi connectivity index (χ0n) is 9.75. The summed E-state index contributed by atoms with van der Waals surface area (Å²) in [5.41, 5.74) is 5.99. The molecule has 0 aliphatic heterocycles. The Balaban J connectivity index is 2.45. The zero-order valence-corrected chi connectivity index (χ0v) is 10.5. The van der Waals surface area contributed by atoms with Crippen LogP contribution < -0.4 is 11.3 Å². The minimum Gasteiger partial charge on any atom is -0.369 e. The fourth-order valence-electron chi connectivity index (χ4n) is 1.91. The second-order valence-corrected chi connectivity index (χ2v) is 4.34. The number of nitrogen functional groups attached to an aromatic ring is 1. The van der Waals surface area contributed by atoms with Gasteiger partial charge in [-0.1, -0.05) is 23.7 Å². The summed E-state index contributed by atoms with van der Waals surface area (Å²) in [6.07, 6.45) is 1.58. The Morgan fingerprint density at radius 2 is 2.00 bits per heavy atom. The number of nitrogens with zero attached hydrogens (tertiary/aromatic N) is 3. The highest BCUT2D eigenvalue weighted by Crippen LogP contribution is 2.20. The van der Waals surface area contributed by atoms with Crippen LogP contribution in [0.5, 0.6) is 0 Å². The van der Waals surface area contributed by atoms with E-state index in [9.17, 15) is 4.79 Å². The van der Waals surface area contributed by atoms with E-state index in [4.69, 9.17) is 17.3 Å². The fourth-order valence-corrected chi connectivity index (χ4v) is 2.16. The van der Waals surface area contributed by atoms with Gasteiger partial charge in [0.05, 0.1) is 15.9 Å². The number of benzene rings is 1. The topological polar surface area (TPSA) is 73.8 Å². The molecular weight excluding hydrogens is 264 g/mol. The SMILES string of the molecule is Nc1nc2cccc(Cl)c2c(=O)n1-c1ccccn1. The van der Waals surface area contributed by atoms with Gasteiger partial charge in [-0.3, -0.25) is 4.79 Å². The van der Waals surface area contributed by atoms with E-state index in [1.807, 2.05) is 0 Å². The molecule has 3 aromatic rings. The molecule has 5 nitrogen and oxygen atoms in total. The van der Waals surface area contributed by atoms with Crippen molar-refractivity contribution >= 4 is 28.5 Å². The second kappa shape index (κ2) is 4.37. The maximum absolute atomic E-state index is 12.5. The van der Waals surface area contributed by atoms with Gasteiger partial charge in [-0.05, 0) is 24.3 Å². The molecule has 0 unspecified atom stereocenters. The first-order chi connectivity index (χ1) is 9.18. The zero-order chi connectivity index (χ0) is 13.4.